The quantitative estimate of drug-likeness (QED) is 0.707. The van der Waals surface area contributed by atoms with E-state index < -0.39 is 0 Å². The Bertz CT molecular complexity index is 904. The minimum Gasteiger partial charge on any atom is -0.339 e. The monoisotopic (exact) mass is 353 g/mol. The lowest BCUT2D eigenvalue weighted by Crippen LogP contribution is -2.26. The summed E-state index contributed by atoms with van der Waals surface area (Å²) in [5.74, 6) is 2.62. The van der Waals surface area contributed by atoms with Crippen molar-refractivity contribution in [1.82, 2.24) is 24.6 Å². The molecule has 6 nitrogen and oxygen atoms in total. The van der Waals surface area contributed by atoms with Crippen LogP contribution in [0.2, 0.25) is 0 Å². The highest BCUT2D eigenvalue weighted by Gasteiger charge is 2.32. The molecule has 0 spiro atoms. The highest BCUT2D eigenvalue weighted by Crippen LogP contribution is 2.34. The first-order chi connectivity index (χ1) is 12.5. The van der Waals surface area contributed by atoms with Gasteiger partial charge >= 0.3 is 0 Å². The highest BCUT2D eigenvalue weighted by molar-refractivity contribution is 5.76. The molecular weight excluding hydrogens is 326 g/mol. The second kappa shape index (κ2) is 6.50. The normalized spacial score (nSPS) is 18.8. The number of fused-ring (bicyclic) bond motifs is 1. The first-order valence-corrected chi connectivity index (χ1v) is 9.49. The molecule has 3 heterocycles. The van der Waals surface area contributed by atoms with Gasteiger partial charge in [-0.25, -0.2) is 4.98 Å². The molecule has 0 aliphatic carbocycles. The van der Waals surface area contributed by atoms with Crippen molar-refractivity contribution in [3.8, 4) is 0 Å². The molecule has 1 aromatic carbocycles. The molecule has 138 valence electrons. The van der Waals surface area contributed by atoms with Crippen molar-refractivity contribution in [3.63, 3.8) is 0 Å². The second-order valence-corrected chi connectivity index (χ2v) is 8.10. The van der Waals surface area contributed by atoms with Gasteiger partial charge in [-0.3, -0.25) is 4.90 Å². The first-order valence-electron chi connectivity index (χ1n) is 9.49. The molecule has 0 radical (unpaired) electrons. The Balaban J connectivity index is 1.62. The van der Waals surface area contributed by atoms with Gasteiger partial charge in [-0.15, -0.1) is 0 Å². The smallest absolute Gasteiger partial charge is 0.232 e. The Morgan fingerprint density at radius 3 is 2.73 bits per heavy atom. The third-order valence-electron chi connectivity index (χ3n) is 5.12. The molecule has 6 heteroatoms. The van der Waals surface area contributed by atoms with Crippen molar-refractivity contribution in [2.24, 2.45) is 0 Å². The van der Waals surface area contributed by atoms with Gasteiger partial charge < -0.3 is 9.09 Å². The molecule has 0 amide bonds. The largest absolute Gasteiger partial charge is 0.339 e. The van der Waals surface area contributed by atoms with Crippen molar-refractivity contribution in [2.45, 2.75) is 65.1 Å². The molecule has 1 fully saturated rings. The number of aryl methyl sites for hydroxylation is 1. The Hall–Kier alpha value is -2.21. The van der Waals surface area contributed by atoms with Gasteiger partial charge in [-0.05, 0) is 38.4 Å². The lowest BCUT2D eigenvalue weighted by molar-refractivity contribution is 0.226. The molecule has 1 aliphatic rings. The van der Waals surface area contributed by atoms with Gasteiger partial charge in [-0.2, -0.15) is 4.98 Å². The molecule has 0 saturated carbocycles. The number of nitrogens with zero attached hydrogens (tertiary/aromatic N) is 5. The molecular formula is C20H27N5O. The fourth-order valence-electron chi connectivity index (χ4n) is 3.79. The van der Waals surface area contributed by atoms with Crippen LogP contribution in [-0.2, 0) is 18.5 Å². The number of hydrogen-bond donors (Lipinski definition) is 0. The number of likely N-dealkylation sites (tertiary alicyclic amines) is 1. The van der Waals surface area contributed by atoms with Crippen molar-refractivity contribution in [1.29, 1.82) is 0 Å². The highest BCUT2D eigenvalue weighted by atomic mass is 16.5. The number of imidazole rings is 1. The summed E-state index contributed by atoms with van der Waals surface area (Å²) in [6.07, 6.45) is 2.29. The number of benzene rings is 1. The molecule has 0 bridgehead atoms. The SMILES string of the molecule is CCn1c([C@@H]2CCCN2Cc2noc(C(C)(C)C)n2)nc2ccccc21. The Kier molecular flexibility index (Phi) is 4.31. The van der Waals surface area contributed by atoms with Gasteiger partial charge in [0.25, 0.3) is 0 Å². The summed E-state index contributed by atoms with van der Waals surface area (Å²) >= 11 is 0. The summed E-state index contributed by atoms with van der Waals surface area (Å²) in [6, 6.07) is 8.69. The number of rotatable bonds is 4. The van der Waals surface area contributed by atoms with Crippen LogP contribution in [0.15, 0.2) is 28.8 Å². The predicted octanol–water partition coefficient (Wildman–Crippen LogP) is 4.07. The van der Waals surface area contributed by atoms with E-state index in [-0.39, 0.29) is 5.41 Å². The van der Waals surface area contributed by atoms with Gasteiger partial charge in [0, 0.05) is 12.0 Å². The molecule has 0 N–H and O–H groups in total. The third-order valence-corrected chi connectivity index (χ3v) is 5.12. The third kappa shape index (κ3) is 3.03. The van der Waals surface area contributed by atoms with E-state index in [1.165, 1.54) is 11.9 Å². The van der Waals surface area contributed by atoms with E-state index in [0.717, 1.165) is 36.7 Å². The van der Waals surface area contributed by atoms with Crippen LogP contribution in [0.1, 0.15) is 64.1 Å². The van der Waals surface area contributed by atoms with Crippen LogP contribution in [0.3, 0.4) is 0 Å². The van der Waals surface area contributed by atoms with Gasteiger partial charge in [-0.1, -0.05) is 38.1 Å². The summed E-state index contributed by atoms with van der Waals surface area (Å²) in [5, 5.41) is 4.20. The molecule has 1 aliphatic heterocycles. The van der Waals surface area contributed by atoms with Crippen LogP contribution in [0.25, 0.3) is 11.0 Å². The number of hydrogen-bond acceptors (Lipinski definition) is 5. The second-order valence-electron chi connectivity index (χ2n) is 8.10. The Morgan fingerprint density at radius 2 is 2.00 bits per heavy atom. The van der Waals surface area contributed by atoms with Crippen molar-refractivity contribution in [3.05, 3.63) is 41.8 Å². The van der Waals surface area contributed by atoms with Crippen molar-refractivity contribution in [2.75, 3.05) is 6.54 Å². The Labute approximate surface area is 154 Å². The summed E-state index contributed by atoms with van der Waals surface area (Å²) in [4.78, 5) is 12.0. The molecule has 3 aromatic rings. The van der Waals surface area contributed by atoms with E-state index in [4.69, 9.17) is 9.51 Å². The molecule has 2 aromatic heterocycles. The average Bonchev–Trinajstić information content (AvgIpc) is 3.31. The van der Waals surface area contributed by atoms with E-state index in [1.54, 1.807) is 0 Å². The van der Waals surface area contributed by atoms with E-state index in [0.29, 0.717) is 18.5 Å². The fraction of sp³-hybridized carbons (Fsp3) is 0.550. The minimum absolute atomic E-state index is 0.119. The standard InChI is InChI=1S/C20H27N5O/c1-5-25-15-10-7-6-9-14(15)21-18(25)16-11-8-12-24(16)13-17-22-19(26-23-17)20(2,3)4/h6-7,9-10,16H,5,8,11-13H2,1-4H3/t16-/m0/s1. The van der Waals surface area contributed by atoms with Crippen LogP contribution >= 0.6 is 0 Å². The summed E-state index contributed by atoms with van der Waals surface area (Å²) in [7, 11) is 0. The zero-order chi connectivity index (χ0) is 18.3. The van der Waals surface area contributed by atoms with Gasteiger partial charge in [0.2, 0.25) is 5.89 Å². The summed E-state index contributed by atoms with van der Waals surface area (Å²) < 4.78 is 7.81. The van der Waals surface area contributed by atoms with E-state index in [1.807, 2.05) is 0 Å². The van der Waals surface area contributed by atoms with Crippen LogP contribution in [0, 0.1) is 0 Å². The van der Waals surface area contributed by atoms with Crippen LogP contribution in [-0.4, -0.2) is 31.1 Å². The fourth-order valence-corrected chi connectivity index (χ4v) is 3.79. The molecule has 1 atom stereocenters. The van der Waals surface area contributed by atoms with Gasteiger partial charge in [0.1, 0.15) is 5.82 Å². The maximum absolute atomic E-state index is 5.46. The van der Waals surface area contributed by atoms with Crippen LogP contribution < -0.4 is 0 Å². The minimum atomic E-state index is -0.119. The van der Waals surface area contributed by atoms with Crippen molar-refractivity contribution >= 4 is 11.0 Å². The summed E-state index contributed by atoms with van der Waals surface area (Å²) in [6.45, 7) is 11.1. The topological polar surface area (TPSA) is 60.0 Å². The lowest BCUT2D eigenvalue weighted by Gasteiger charge is -2.23. The maximum Gasteiger partial charge on any atom is 0.232 e. The molecule has 0 unspecified atom stereocenters. The van der Waals surface area contributed by atoms with Crippen LogP contribution in [0.4, 0.5) is 0 Å². The zero-order valence-electron chi connectivity index (χ0n) is 16.1. The Morgan fingerprint density at radius 1 is 1.19 bits per heavy atom. The first kappa shape index (κ1) is 17.2. The number of para-hydroxylation sites is 2. The van der Waals surface area contributed by atoms with Gasteiger partial charge in [0.05, 0.1) is 23.6 Å². The molecule has 1 saturated heterocycles. The van der Waals surface area contributed by atoms with E-state index in [9.17, 15) is 0 Å². The number of aromatic nitrogens is 4. The van der Waals surface area contributed by atoms with E-state index >= 15 is 0 Å². The summed E-state index contributed by atoms with van der Waals surface area (Å²) in [5.41, 5.74) is 2.17. The molecule has 4 rings (SSSR count). The average molecular weight is 353 g/mol. The predicted molar refractivity (Wildman–Crippen MR) is 101 cm³/mol. The van der Waals surface area contributed by atoms with Gasteiger partial charge in [0.15, 0.2) is 5.82 Å². The van der Waals surface area contributed by atoms with Crippen LogP contribution in [0.5, 0.6) is 0 Å². The van der Waals surface area contributed by atoms with Crippen molar-refractivity contribution < 1.29 is 4.52 Å². The van der Waals surface area contributed by atoms with E-state index in [2.05, 4.69) is 71.6 Å². The molecule has 26 heavy (non-hydrogen) atoms. The zero-order valence-corrected chi connectivity index (χ0v) is 16.1. The maximum atomic E-state index is 5.46. The lowest BCUT2D eigenvalue weighted by atomic mass is 9.97.